The van der Waals surface area contributed by atoms with E-state index in [1.165, 1.54) is 12.1 Å². The maximum Gasteiger partial charge on any atom is 0.248 e. The Kier molecular flexibility index (Phi) is 3.56. The first kappa shape index (κ1) is 13.3. The second-order valence-electron chi connectivity index (χ2n) is 4.32. The van der Waals surface area contributed by atoms with Crippen LogP contribution in [0, 0.1) is 5.82 Å². The number of anilines is 1. The molecular formula is C11H15FN2O3S. The monoisotopic (exact) mass is 274 g/mol. The highest BCUT2D eigenvalue weighted by atomic mass is 32.2. The van der Waals surface area contributed by atoms with Crippen molar-refractivity contribution >= 4 is 15.7 Å². The summed E-state index contributed by atoms with van der Waals surface area (Å²) in [5.41, 5.74) is 5.42. The molecule has 0 radical (unpaired) electrons. The van der Waals surface area contributed by atoms with E-state index in [4.69, 9.17) is 5.73 Å². The lowest BCUT2D eigenvalue weighted by molar-refractivity contribution is 0.108. The Morgan fingerprint density at radius 3 is 2.78 bits per heavy atom. The first-order valence-corrected chi connectivity index (χ1v) is 7.09. The van der Waals surface area contributed by atoms with Gasteiger partial charge in [-0.15, -0.1) is 0 Å². The van der Waals surface area contributed by atoms with Gasteiger partial charge in [0.25, 0.3) is 0 Å². The molecule has 1 aromatic carbocycles. The van der Waals surface area contributed by atoms with Crippen molar-refractivity contribution < 1.29 is 17.9 Å². The highest BCUT2D eigenvalue weighted by Gasteiger charge is 2.32. The fraction of sp³-hybridized carbons (Fsp3) is 0.455. The van der Waals surface area contributed by atoms with Crippen molar-refractivity contribution in [1.82, 2.24) is 4.31 Å². The van der Waals surface area contributed by atoms with Crippen molar-refractivity contribution in [2.75, 3.05) is 18.8 Å². The number of nitrogens with two attached hydrogens (primary N) is 1. The van der Waals surface area contributed by atoms with Gasteiger partial charge in [0.1, 0.15) is 10.7 Å². The molecule has 0 bridgehead atoms. The van der Waals surface area contributed by atoms with Crippen molar-refractivity contribution in [3.63, 3.8) is 0 Å². The van der Waals surface area contributed by atoms with Crippen LogP contribution in [0.15, 0.2) is 23.1 Å². The number of nitrogen functional groups attached to an aromatic ring is 1. The van der Waals surface area contributed by atoms with Crippen LogP contribution >= 0.6 is 0 Å². The van der Waals surface area contributed by atoms with Gasteiger partial charge >= 0.3 is 0 Å². The first-order valence-electron chi connectivity index (χ1n) is 5.65. The molecule has 0 spiro atoms. The van der Waals surface area contributed by atoms with E-state index in [2.05, 4.69) is 0 Å². The topological polar surface area (TPSA) is 83.6 Å². The molecular weight excluding hydrogens is 259 g/mol. The predicted octanol–water partition coefficient (Wildman–Crippen LogP) is 0.553. The van der Waals surface area contributed by atoms with Gasteiger partial charge in [0, 0.05) is 13.1 Å². The molecule has 1 heterocycles. The van der Waals surface area contributed by atoms with Gasteiger partial charge < -0.3 is 10.8 Å². The summed E-state index contributed by atoms with van der Waals surface area (Å²) >= 11 is 0. The van der Waals surface area contributed by atoms with Crippen LogP contribution in [0.4, 0.5) is 10.1 Å². The Hall–Kier alpha value is -1.18. The molecule has 0 saturated carbocycles. The Bertz CT molecular complexity index is 527. The minimum Gasteiger partial charge on any atom is -0.398 e. The second kappa shape index (κ2) is 4.83. The number of sulfonamides is 1. The molecule has 2 rings (SSSR count). The average molecular weight is 274 g/mol. The smallest absolute Gasteiger partial charge is 0.248 e. The summed E-state index contributed by atoms with van der Waals surface area (Å²) in [5.74, 6) is -0.866. The molecule has 7 heteroatoms. The molecule has 3 N–H and O–H groups in total. The third-order valence-corrected chi connectivity index (χ3v) is 4.91. The highest BCUT2D eigenvalue weighted by Crippen LogP contribution is 2.27. The third kappa shape index (κ3) is 2.33. The zero-order valence-electron chi connectivity index (χ0n) is 9.71. The number of aliphatic hydroxyl groups excluding tert-OH is 1. The zero-order valence-corrected chi connectivity index (χ0v) is 10.5. The van der Waals surface area contributed by atoms with Crippen molar-refractivity contribution in [2.45, 2.75) is 23.8 Å². The van der Waals surface area contributed by atoms with Crippen molar-refractivity contribution in [1.29, 1.82) is 0 Å². The van der Waals surface area contributed by atoms with Crippen LogP contribution < -0.4 is 5.73 Å². The number of nitrogens with zero attached hydrogens (tertiary/aromatic N) is 1. The summed E-state index contributed by atoms with van der Waals surface area (Å²) in [6.45, 7) is 0.253. The van der Waals surface area contributed by atoms with E-state index in [0.29, 0.717) is 12.8 Å². The number of piperidine rings is 1. The third-order valence-electron chi connectivity index (χ3n) is 2.95. The molecule has 1 atom stereocenters. The standard InChI is InChI=1S/C11H15FN2O3S/c12-9-4-1-5-10(13)11(9)18(16,17)14-6-2-3-8(15)7-14/h1,4-5,8,15H,2-3,6-7,13H2. The summed E-state index contributed by atoms with van der Waals surface area (Å²) < 4.78 is 39.3. The molecule has 1 fully saturated rings. The molecule has 1 unspecified atom stereocenters. The summed E-state index contributed by atoms with van der Waals surface area (Å²) in [6, 6.07) is 3.76. The molecule has 1 aliphatic rings. The van der Waals surface area contributed by atoms with E-state index in [9.17, 15) is 17.9 Å². The van der Waals surface area contributed by atoms with Gasteiger partial charge in [0.05, 0.1) is 11.8 Å². The van der Waals surface area contributed by atoms with Crippen LogP contribution in [0.3, 0.4) is 0 Å². The highest BCUT2D eigenvalue weighted by molar-refractivity contribution is 7.89. The maximum absolute atomic E-state index is 13.6. The van der Waals surface area contributed by atoms with Crippen LogP contribution in [0.5, 0.6) is 0 Å². The number of hydrogen-bond donors (Lipinski definition) is 2. The molecule has 100 valence electrons. The van der Waals surface area contributed by atoms with E-state index < -0.39 is 26.8 Å². The van der Waals surface area contributed by atoms with E-state index in [1.54, 1.807) is 0 Å². The molecule has 0 aromatic heterocycles. The second-order valence-corrected chi connectivity index (χ2v) is 6.19. The number of halogens is 1. The molecule has 5 nitrogen and oxygen atoms in total. The van der Waals surface area contributed by atoms with Gasteiger partial charge in [-0.3, -0.25) is 0 Å². The van der Waals surface area contributed by atoms with Crippen LogP contribution in [-0.4, -0.2) is 37.0 Å². The summed E-state index contributed by atoms with van der Waals surface area (Å²) in [7, 11) is -3.98. The Morgan fingerprint density at radius 2 is 2.17 bits per heavy atom. The van der Waals surface area contributed by atoms with Crippen molar-refractivity contribution in [2.24, 2.45) is 0 Å². The molecule has 1 aliphatic heterocycles. The SMILES string of the molecule is Nc1cccc(F)c1S(=O)(=O)N1CCCC(O)C1. The van der Waals surface area contributed by atoms with Crippen LogP contribution in [-0.2, 0) is 10.0 Å². The summed E-state index contributed by atoms with van der Waals surface area (Å²) in [5, 5.41) is 9.50. The average Bonchev–Trinajstić information content (AvgIpc) is 2.28. The van der Waals surface area contributed by atoms with Gasteiger partial charge in [0.15, 0.2) is 0 Å². The van der Waals surface area contributed by atoms with Gasteiger partial charge in [-0.05, 0) is 25.0 Å². The first-order chi connectivity index (χ1) is 8.43. The fourth-order valence-electron chi connectivity index (χ4n) is 2.07. The minimum atomic E-state index is -3.98. The van der Waals surface area contributed by atoms with Crippen LogP contribution in [0.1, 0.15) is 12.8 Å². The number of β-amino-alcohol motifs (C(OH)–C–C–N with tert-alkyl or cyclic N) is 1. The van der Waals surface area contributed by atoms with Crippen molar-refractivity contribution in [3.8, 4) is 0 Å². The lowest BCUT2D eigenvalue weighted by Crippen LogP contribution is -2.42. The van der Waals surface area contributed by atoms with Gasteiger partial charge in [-0.2, -0.15) is 4.31 Å². The largest absolute Gasteiger partial charge is 0.398 e. The van der Waals surface area contributed by atoms with E-state index in [-0.39, 0.29) is 18.8 Å². The number of rotatable bonds is 2. The maximum atomic E-state index is 13.6. The summed E-state index contributed by atoms with van der Waals surface area (Å²) in [6.07, 6.45) is 0.398. The predicted molar refractivity (Wildman–Crippen MR) is 64.8 cm³/mol. The lowest BCUT2D eigenvalue weighted by Gasteiger charge is -2.29. The molecule has 1 saturated heterocycles. The fourth-order valence-corrected chi connectivity index (χ4v) is 3.74. The van der Waals surface area contributed by atoms with Crippen LogP contribution in [0.25, 0.3) is 0 Å². The molecule has 1 aromatic rings. The number of aliphatic hydroxyl groups is 1. The molecule has 0 aliphatic carbocycles. The molecule has 0 amide bonds. The Balaban J connectivity index is 2.42. The summed E-state index contributed by atoms with van der Waals surface area (Å²) in [4.78, 5) is -0.501. The van der Waals surface area contributed by atoms with Gasteiger partial charge in [-0.25, -0.2) is 12.8 Å². The Morgan fingerprint density at radius 1 is 1.44 bits per heavy atom. The minimum absolute atomic E-state index is 0.0178. The normalized spacial score (nSPS) is 22.0. The lowest BCUT2D eigenvalue weighted by atomic mass is 10.1. The number of benzene rings is 1. The zero-order chi connectivity index (χ0) is 13.3. The van der Waals surface area contributed by atoms with E-state index in [0.717, 1.165) is 10.4 Å². The van der Waals surface area contributed by atoms with E-state index in [1.807, 2.05) is 0 Å². The van der Waals surface area contributed by atoms with Gasteiger partial charge in [0.2, 0.25) is 10.0 Å². The van der Waals surface area contributed by atoms with Crippen LogP contribution in [0.2, 0.25) is 0 Å². The van der Waals surface area contributed by atoms with Crippen molar-refractivity contribution in [3.05, 3.63) is 24.0 Å². The Labute approximate surface area is 105 Å². The molecule has 18 heavy (non-hydrogen) atoms. The van der Waals surface area contributed by atoms with Gasteiger partial charge in [-0.1, -0.05) is 6.07 Å². The van der Waals surface area contributed by atoms with E-state index >= 15 is 0 Å². The number of hydrogen-bond acceptors (Lipinski definition) is 4. The quantitative estimate of drug-likeness (QED) is 0.772.